The summed E-state index contributed by atoms with van der Waals surface area (Å²) in [6.07, 6.45) is 6.41. The molecule has 4 rings (SSSR count). The lowest BCUT2D eigenvalue weighted by Gasteiger charge is -2.47. The number of hydrogen-bond donors (Lipinski definition) is 0. The zero-order valence-corrected chi connectivity index (χ0v) is 21.5. The van der Waals surface area contributed by atoms with Gasteiger partial charge >= 0.3 is 0 Å². The van der Waals surface area contributed by atoms with E-state index in [9.17, 15) is 4.79 Å². The summed E-state index contributed by atoms with van der Waals surface area (Å²) in [7, 11) is 0. The zero-order chi connectivity index (χ0) is 23.8. The van der Waals surface area contributed by atoms with Crippen LogP contribution in [0.15, 0.2) is 58.5 Å². The Morgan fingerprint density at radius 3 is 2.27 bits per heavy atom. The van der Waals surface area contributed by atoms with Crippen molar-refractivity contribution in [3.63, 3.8) is 0 Å². The average Bonchev–Trinajstić information content (AvgIpc) is 3.07. The minimum atomic E-state index is -0.264. The number of carbonyl (C=O) groups excluding carboxylic acids is 1. The minimum absolute atomic E-state index is 0.0870. The molecule has 1 fully saturated rings. The average molecular weight is 462 g/mol. The van der Waals surface area contributed by atoms with Crippen LogP contribution in [0.5, 0.6) is 0 Å². The van der Waals surface area contributed by atoms with Gasteiger partial charge in [-0.2, -0.15) is 0 Å². The summed E-state index contributed by atoms with van der Waals surface area (Å²) in [4.78, 5) is 24.5. The normalized spacial score (nSPS) is 24.4. The number of rotatable bonds is 3. The Morgan fingerprint density at radius 2 is 1.73 bits per heavy atom. The van der Waals surface area contributed by atoms with Crippen molar-refractivity contribution < 1.29 is 4.79 Å². The first-order chi connectivity index (χ1) is 15.7. The number of benzene rings is 2. The number of aryl methyl sites for hydroxylation is 1. The van der Waals surface area contributed by atoms with Crippen LogP contribution in [0.25, 0.3) is 0 Å². The van der Waals surface area contributed by atoms with E-state index in [1.54, 1.807) is 18.7 Å². The van der Waals surface area contributed by atoms with E-state index in [0.29, 0.717) is 11.3 Å². The summed E-state index contributed by atoms with van der Waals surface area (Å²) in [6, 6.07) is 16.3. The molecule has 1 saturated carbocycles. The molecule has 1 aliphatic carbocycles. The monoisotopic (exact) mass is 461 g/mol. The second-order valence-corrected chi connectivity index (χ2v) is 11.2. The predicted molar refractivity (Wildman–Crippen MR) is 142 cm³/mol. The fraction of sp³-hybridized carbons (Fsp3) is 0.464. The van der Waals surface area contributed by atoms with Crippen LogP contribution in [0.2, 0.25) is 0 Å². The number of thioether (sulfide) groups is 1. The lowest BCUT2D eigenvalue weighted by atomic mass is 9.66. The molecule has 0 unspecified atom stereocenters. The molecule has 0 N–H and O–H groups in total. The van der Waals surface area contributed by atoms with Crippen LogP contribution < -0.4 is 4.90 Å². The van der Waals surface area contributed by atoms with E-state index in [1.807, 2.05) is 18.2 Å². The van der Waals surface area contributed by atoms with Gasteiger partial charge in [0.05, 0.1) is 5.69 Å². The van der Waals surface area contributed by atoms with Gasteiger partial charge in [0.25, 0.3) is 0 Å². The van der Waals surface area contributed by atoms with Gasteiger partial charge in [-0.15, -0.1) is 0 Å². The number of ketones is 1. The molecule has 0 bridgehead atoms. The third kappa shape index (κ3) is 4.52. The number of nitrogens with zero attached hydrogens (tertiary/aromatic N) is 3. The molecule has 33 heavy (non-hydrogen) atoms. The molecule has 0 atom stereocenters. The van der Waals surface area contributed by atoms with Gasteiger partial charge in [-0.1, -0.05) is 50.7 Å². The Bertz CT molecular complexity index is 1090. The second kappa shape index (κ2) is 9.09. The highest BCUT2D eigenvalue weighted by atomic mass is 32.2. The number of carbonyl (C=O) groups is 1. The van der Waals surface area contributed by atoms with E-state index in [0.717, 1.165) is 59.2 Å². The second-order valence-electron chi connectivity index (χ2n) is 10.4. The molecule has 1 spiro atoms. The molecule has 1 heterocycles. The fourth-order valence-electron chi connectivity index (χ4n) is 5.21. The molecule has 0 aromatic heterocycles. The maximum atomic E-state index is 11.9. The standard InChI is InChI=1S/C28H35N3OS/c1-19-9-7-8-10-24(19)29-25-28(17-15-22(16-18-28)27(3,4)5)31(26(30-25)33-6)23-13-11-21(12-14-23)20(2)32/h7-14,22H,15-18H2,1-6H3. The van der Waals surface area contributed by atoms with Crippen molar-refractivity contribution in [2.24, 2.45) is 21.3 Å². The van der Waals surface area contributed by atoms with E-state index in [4.69, 9.17) is 9.98 Å². The number of para-hydroxylation sites is 1. The summed E-state index contributed by atoms with van der Waals surface area (Å²) in [6.45, 7) is 10.8. The highest BCUT2D eigenvalue weighted by molar-refractivity contribution is 8.13. The largest absolute Gasteiger partial charge is 0.307 e. The van der Waals surface area contributed by atoms with Gasteiger partial charge in [0.15, 0.2) is 16.8 Å². The predicted octanol–water partition coefficient (Wildman–Crippen LogP) is 7.44. The van der Waals surface area contributed by atoms with Crippen LogP contribution in [0.3, 0.4) is 0 Å². The van der Waals surface area contributed by atoms with Crippen molar-refractivity contribution in [1.82, 2.24) is 0 Å². The summed E-state index contributed by atoms with van der Waals surface area (Å²) in [5, 5.41) is 0.979. The van der Waals surface area contributed by atoms with Gasteiger partial charge in [-0.05, 0) is 93.0 Å². The van der Waals surface area contributed by atoms with Crippen LogP contribution in [-0.2, 0) is 0 Å². The molecule has 0 radical (unpaired) electrons. The first-order valence-corrected chi connectivity index (χ1v) is 13.1. The van der Waals surface area contributed by atoms with E-state index >= 15 is 0 Å². The Kier molecular flexibility index (Phi) is 6.54. The van der Waals surface area contributed by atoms with Gasteiger partial charge in [-0.3, -0.25) is 4.79 Å². The molecule has 2 aliphatic rings. The first kappa shape index (κ1) is 23.7. The van der Waals surface area contributed by atoms with Crippen LogP contribution in [0.1, 0.15) is 69.3 Å². The molecule has 5 heteroatoms. The molecule has 0 saturated heterocycles. The summed E-state index contributed by atoms with van der Waals surface area (Å²) >= 11 is 1.67. The maximum Gasteiger partial charge on any atom is 0.170 e. The lowest BCUT2D eigenvalue weighted by molar-refractivity contribution is 0.101. The summed E-state index contributed by atoms with van der Waals surface area (Å²) < 4.78 is 0. The van der Waals surface area contributed by atoms with Crippen LogP contribution in [0, 0.1) is 18.3 Å². The quantitative estimate of drug-likeness (QED) is 0.446. The van der Waals surface area contributed by atoms with Crippen molar-refractivity contribution >= 4 is 39.9 Å². The van der Waals surface area contributed by atoms with Gasteiger partial charge in [0.1, 0.15) is 5.54 Å². The molecule has 0 amide bonds. The van der Waals surface area contributed by atoms with Gasteiger partial charge in [0, 0.05) is 11.3 Å². The summed E-state index contributed by atoms with van der Waals surface area (Å²) in [5.74, 6) is 1.69. The maximum absolute atomic E-state index is 11.9. The van der Waals surface area contributed by atoms with Crippen molar-refractivity contribution in [1.29, 1.82) is 0 Å². The Hall–Kier alpha value is -2.40. The third-order valence-electron chi connectivity index (χ3n) is 7.33. The van der Waals surface area contributed by atoms with Gasteiger partial charge in [-0.25, -0.2) is 9.98 Å². The molecule has 2 aromatic carbocycles. The van der Waals surface area contributed by atoms with Crippen LogP contribution >= 0.6 is 11.8 Å². The van der Waals surface area contributed by atoms with E-state index in [1.165, 1.54) is 0 Å². The SMILES string of the molecule is CSC1=NC(=Nc2ccccc2C)C2(CCC(C(C)(C)C)CC2)N1c1ccc(C(C)=O)cc1. The van der Waals surface area contributed by atoms with Gasteiger partial charge < -0.3 is 4.90 Å². The van der Waals surface area contributed by atoms with E-state index in [2.05, 4.69) is 69.2 Å². The number of aliphatic imine (C=N–C) groups is 2. The van der Waals surface area contributed by atoms with Gasteiger partial charge in [0.2, 0.25) is 0 Å². The molecule has 2 aromatic rings. The van der Waals surface area contributed by atoms with Crippen LogP contribution in [0.4, 0.5) is 11.4 Å². The Balaban J connectivity index is 1.81. The number of amidine groups is 2. The third-order valence-corrected chi connectivity index (χ3v) is 7.97. The lowest BCUT2D eigenvalue weighted by Crippen LogP contribution is -2.54. The molecule has 4 nitrogen and oxygen atoms in total. The van der Waals surface area contributed by atoms with Crippen molar-refractivity contribution in [3.05, 3.63) is 59.7 Å². The van der Waals surface area contributed by atoms with Crippen LogP contribution in [-0.4, -0.2) is 28.6 Å². The minimum Gasteiger partial charge on any atom is -0.307 e. The first-order valence-electron chi connectivity index (χ1n) is 11.8. The molecular formula is C28H35N3OS. The smallest absolute Gasteiger partial charge is 0.170 e. The molecule has 1 aliphatic heterocycles. The topological polar surface area (TPSA) is 45.0 Å². The Labute approximate surface area is 202 Å². The fourth-order valence-corrected chi connectivity index (χ4v) is 5.85. The van der Waals surface area contributed by atoms with E-state index in [-0.39, 0.29) is 11.3 Å². The number of anilines is 1. The Morgan fingerprint density at radius 1 is 1.09 bits per heavy atom. The number of hydrogen-bond acceptors (Lipinski definition) is 4. The van der Waals surface area contributed by atoms with E-state index < -0.39 is 0 Å². The molecule has 174 valence electrons. The van der Waals surface area contributed by atoms with Crippen molar-refractivity contribution in [3.8, 4) is 0 Å². The highest BCUT2D eigenvalue weighted by Crippen LogP contribution is 2.49. The molecular weight excluding hydrogens is 426 g/mol. The summed E-state index contributed by atoms with van der Waals surface area (Å²) in [5.41, 5.74) is 4.00. The van der Waals surface area contributed by atoms with Crippen molar-refractivity contribution in [2.75, 3.05) is 11.2 Å². The highest BCUT2D eigenvalue weighted by Gasteiger charge is 2.51. The van der Waals surface area contributed by atoms with Crippen molar-refractivity contribution in [2.45, 2.75) is 65.8 Å². The number of Topliss-reactive ketones (excluding diaryl/α,β-unsaturated/α-hetero) is 1. The zero-order valence-electron chi connectivity index (χ0n) is 20.7.